The van der Waals surface area contributed by atoms with Gasteiger partial charge in [0.15, 0.2) is 0 Å². The minimum Gasteiger partial charge on any atom is -0.478 e. The first kappa shape index (κ1) is 18.1. The summed E-state index contributed by atoms with van der Waals surface area (Å²) in [6.45, 7) is -2.86. The molecular weight excluding hydrogens is 364 g/mol. The molecule has 0 amide bonds. The Morgan fingerprint density at radius 3 is 2.57 bits per heavy atom. The van der Waals surface area contributed by atoms with Crippen LogP contribution in [-0.4, -0.2) is 22.7 Å². The number of hydrogen-bond acceptors (Lipinski definition) is 3. The third-order valence-corrected chi connectivity index (χ3v) is 4.83. The Bertz CT molecular complexity index is 1080. The van der Waals surface area contributed by atoms with E-state index in [-0.39, 0.29) is 5.75 Å². The smallest absolute Gasteiger partial charge is 0.387 e. The van der Waals surface area contributed by atoms with Gasteiger partial charge >= 0.3 is 12.6 Å². The summed E-state index contributed by atoms with van der Waals surface area (Å²) in [5.41, 5.74) is 4.17. The molecule has 0 unspecified atom stereocenters. The van der Waals surface area contributed by atoms with Crippen LogP contribution in [0.15, 0.2) is 48.5 Å². The van der Waals surface area contributed by atoms with Crippen molar-refractivity contribution in [1.82, 2.24) is 4.98 Å². The van der Waals surface area contributed by atoms with Crippen LogP contribution in [0.3, 0.4) is 0 Å². The molecule has 0 atom stereocenters. The van der Waals surface area contributed by atoms with Crippen LogP contribution in [0.5, 0.6) is 5.75 Å². The van der Waals surface area contributed by atoms with E-state index in [1.807, 2.05) is 24.3 Å². The van der Waals surface area contributed by atoms with Crippen LogP contribution in [0.25, 0.3) is 22.6 Å². The van der Waals surface area contributed by atoms with Gasteiger partial charge in [0.25, 0.3) is 0 Å². The Morgan fingerprint density at radius 2 is 1.86 bits per heavy atom. The van der Waals surface area contributed by atoms with Crippen molar-refractivity contribution in [2.75, 3.05) is 0 Å². The second-order valence-corrected chi connectivity index (χ2v) is 6.61. The Hall–Kier alpha value is -3.28. The number of para-hydroxylation sites is 1. The van der Waals surface area contributed by atoms with E-state index in [1.165, 1.54) is 12.1 Å². The molecule has 3 aromatic rings. The zero-order chi connectivity index (χ0) is 19.7. The van der Waals surface area contributed by atoms with Gasteiger partial charge in [0, 0.05) is 5.39 Å². The van der Waals surface area contributed by atoms with Crippen molar-refractivity contribution in [3.05, 3.63) is 70.9 Å². The molecule has 1 aromatic heterocycles. The van der Waals surface area contributed by atoms with Gasteiger partial charge in [-0.3, -0.25) is 0 Å². The number of rotatable bonds is 4. The fourth-order valence-electron chi connectivity index (χ4n) is 3.67. The maximum absolute atomic E-state index is 12.3. The van der Waals surface area contributed by atoms with Crippen LogP contribution >= 0.6 is 0 Å². The van der Waals surface area contributed by atoms with E-state index in [2.05, 4.69) is 4.74 Å². The number of carboxylic acid groups (broad SMARTS) is 1. The largest absolute Gasteiger partial charge is 0.478 e. The fourth-order valence-corrected chi connectivity index (χ4v) is 3.67. The maximum Gasteiger partial charge on any atom is 0.387 e. The molecule has 2 aromatic carbocycles. The molecule has 142 valence electrons. The number of ether oxygens (including phenoxy) is 1. The number of fused-ring (bicyclic) bond motifs is 2. The molecule has 6 heteroatoms. The summed E-state index contributed by atoms with van der Waals surface area (Å²) in [4.78, 5) is 16.7. The maximum atomic E-state index is 12.3. The highest BCUT2D eigenvalue weighted by Crippen LogP contribution is 2.36. The number of alkyl halides is 2. The molecule has 1 aliphatic carbocycles. The Morgan fingerprint density at radius 1 is 1.11 bits per heavy atom. The van der Waals surface area contributed by atoms with Gasteiger partial charge in [-0.25, -0.2) is 9.78 Å². The lowest BCUT2D eigenvalue weighted by molar-refractivity contribution is -0.0498. The highest BCUT2D eigenvalue weighted by molar-refractivity contribution is 6.05. The highest BCUT2D eigenvalue weighted by atomic mass is 19.3. The normalized spacial score (nSPS) is 15.0. The minimum absolute atomic E-state index is 0.0958. The first-order valence-electron chi connectivity index (χ1n) is 8.93. The van der Waals surface area contributed by atoms with E-state index in [9.17, 15) is 18.7 Å². The van der Waals surface area contributed by atoms with Crippen LogP contribution < -0.4 is 4.74 Å². The summed E-state index contributed by atoms with van der Waals surface area (Å²) < 4.78 is 29.0. The SMILES string of the molecule is O=C(O)c1c2c(nc3ccccc13)/C(=C\c1ccc(OC(F)F)cc1)CCC2. The number of aromatic nitrogens is 1. The number of nitrogens with zero attached hydrogens (tertiary/aromatic N) is 1. The third kappa shape index (κ3) is 3.45. The van der Waals surface area contributed by atoms with Crippen molar-refractivity contribution in [3.8, 4) is 5.75 Å². The Labute approximate surface area is 160 Å². The number of halogens is 2. The molecule has 0 fully saturated rings. The molecule has 0 aliphatic heterocycles. The van der Waals surface area contributed by atoms with E-state index in [0.717, 1.165) is 29.5 Å². The quantitative estimate of drug-likeness (QED) is 0.656. The van der Waals surface area contributed by atoms with Gasteiger partial charge in [-0.1, -0.05) is 30.3 Å². The average Bonchev–Trinajstić information content (AvgIpc) is 2.67. The number of carboxylic acids is 1. The number of aromatic carboxylic acids is 1. The van der Waals surface area contributed by atoms with Crippen molar-refractivity contribution < 1.29 is 23.4 Å². The molecule has 0 spiro atoms. The van der Waals surface area contributed by atoms with Gasteiger partial charge in [0.2, 0.25) is 0 Å². The van der Waals surface area contributed by atoms with Crippen molar-refractivity contribution in [3.63, 3.8) is 0 Å². The van der Waals surface area contributed by atoms with Crippen LogP contribution in [0.1, 0.15) is 40.0 Å². The number of allylic oxidation sites excluding steroid dienone is 1. The minimum atomic E-state index is -2.86. The summed E-state index contributed by atoms with van der Waals surface area (Å²) in [6.07, 6.45) is 4.18. The molecule has 1 N–H and O–H groups in total. The third-order valence-electron chi connectivity index (χ3n) is 4.83. The van der Waals surface area contributed by atoms with Gasteiger partial charge in [-0.2, -0.15) is 8.78 Å². The lowest BCUT2D eigenvalue weighted by Gasteiger charge is -2.21. The van der Waals surface area contributed by atoms with Crippen LogP contribution in [0.4, 0.5) is 8.78 Å². The van der Waals surface area contributed by atoms with E-state index < -0.39 is 12.6 Å². The predicted molar refractivity (Wildman–Crippen MR) is 103 cm³/mol. The van der Waals surface area contributed by atoms with E-state index in [1.54, 1.807) is 18.2 Å². The van der Waals surface area contributed by atoms with Gasteiger partial charge in [-0.15, -0.1) is 0 Å². The van der Waals surface area contributed by atoms with Gasteiger partial charge < -0.3 is 9.84 Å². The van der Waals surface area contributed by atoms with E-state index in [4.69, 9.17) is 4.98 Å². The molecule has 1 heterocycles. The fraction of sp³-hybridized carbons (Fsp3) is 0.182. The van der Waals surface area contributed by atoms with E-state index >= 15 is 0 Å². The molecule has 1 aliphatic rings. The summed E-state index contributed by atoms with van der Waals surface area (Å²) >= 11 is 0. The van der Waals surface area contributed by atoms with Crippen molar-refractivity contribution in [2.45, 2.75) is 25.9 Å². The van der Waals surface area contributed by atoms with Crippen LogP contribution in [-0.2, 0) is 6.42 Å². The molecule has 0 bridgehead atoms. The zero-order valence-electron chi connectivity index (χ0n) is 14.9. The first-order valence-corrected chi connectivity index (χ1v) is 8.93. The zero-order valence-corrected chi connectivity index (χ0v) is 14.9. The standard InChI is InChI=1S/C22H17F2NO3/c23-22(24)28-15-10-8-13(9-11-15)12-14-4-3-6-17-19(21(26)27)16-5-1-2-7-18(16)25-20(14)17/h1-2,5,7-12,22H,3-4,6H2,(H,26,27)/b14-12-. The number of hydrogen-bond donors (Lipinski definition) is 1. The number of pyridine rings is 1. The molecular formula is C22H17F2NO3. The second-order valence-electron chi connectivity index (χ2n) is 6.61. The Kier molecular flexibility index (Phi) is 4.77. The highest BCUT2D eigenvalue weighted by Gasteiger charge is 2.24. The molecule has 4 nitrogen and oxygen atoms in total. The Balaban J connectivity index is 1.80. The van der Waals surface area contributed by atoms with Gasteiger partial charge in [0.1, 0.15) is 5.75 Å². The number of carbonyl (C=O) groups is 1. The van der Waals surface area contributed by atoms with Crippen molar-refractivity contribution >= 4 is 28.5 Å². The van der Waals surface area contributed by atoms with Gasteiger partial charge in [-0.05, 0) is 60.2 Å². The second kappa shape index (κ2) is 7.38. The average molecular weight is 381 g/mol. The molecule has 4 rings (SSSR count). The van der Waals surface area contributed by atoms with Crippen molar-refractivity contribution in [2.24, 2.45) is 0 Å². The summed E-state index contributed by atoms with van der Waals surface area (Å²) in [7, 11) is 0. The first-order chi connectivity index (χ1) is 13.5. The lowest BCUT2D eigenvalue weighted by Crippen LogP contribution is -2.13. The lowest BCUT2D eigenvalue weighted by atomic mass is 9.86. The predicted octanol–water partition coefficient (Wildman–Crippen LogP) is 5.41. The number of benzene rings is 2. The monoisotopic (exact) mass is 381 g/mol. The van der Waals surface area contributed by atoms with Gasteiger partial charge in [0.05, 0.1) is 16.8 Å². The molecule has 0 radical (unpaired) electrons. The van der Waals surface area contributed by atoms with E-state index in [0.29, 0.717) is 28.6 Å². The van der Waals surface area contributed by atoms with Crippen LogP contribution in [0, 0.1) is 0 Å². The topological polar surface area (TPSA) is 59.4 Å². The van der Waals surface area contributed by atoms with Crippen LogP contribution in [0.2, 0.25) is 0 Å². The molecule has 0 saturated heterocycles. The molecule has 28 heavy (non-hydrogen) atoms. The summed E-state index contributed by atoms with van der Waals surface area (Å²) in [5.74, 6) is -0.858. The van der Waals surface area contributed by atoms with Crippen molar-refractivity contribution in [1.29, 1.82) is 0 Å². The summed E-state index contributed by atoms with van der Waals surface area (Å²) in [5, 5.41) is 10.4. The molecule has 0 saturated carbocycles. The summed E-state index contributed by atoms with van der Waals surface area (Å²) in [6, 6.07) is 13.6.